The summed E-state index contributed by atoms with van der Waals surface area (Å²) in [5.74, 6) is 0. The molecule has 1 unspecified atom stereocenters. The molecule has 0 radical (unpaired) electrons. The van der Waals surface area contributed by atoms with E-state index >= 15 is 0 Å². The third-order valence-corrected chi connectivity index (χ3v) is 6.31. The number of aliphatic hydroxyl groups excluding tert-OH is 1. The number of unbranched alkanes of at least 4 members (excludes halogenated alkanes) is 11. The molecule has 0 aromatic rings. The van der Waals surface area contributed by atoms with Gasteiger partial charge in [-0.2, -0.15) is 0 Å². The van der Waals surface area contributed by atoms with Gasteiger partial charge in [-0.3, -0.25) is 9.05 Å². The van der Waals surface area contributed by atoms with Crippen molar-refractivity contribution in [1.29, 1.82) is 0 Å². The van der Waals surface area contributed by atoms with Crippen molar-refractivity contribution in [2.75, 3.05) is 40.9 Å². The lowest BCUT2D eigenvalue weighted by Gasteiger charge is -2.24. The van der Waals surface area contributed by atoms with Crippen LogP contribution in [0.5, 0.6) is 0 Å². The maximum Gasteiger partial charge on any atom is 0.472 e. The Kier molecular flexibility index (Phi) is 18.9. The molecule has 0 amide bonds. The number of hydrogen-bond acceptors (Lipinski definition) is 5. The second kappa shape index (κ2) is 19.4. The van der Waals surface area contributed by atoms with Crippen molar-refractivity contribution in [2.24, 2.45) is 5.11 Å². The van der Waals surface area contributed by atoms with Crippen LogP contribution >= 0.6 is 7.82 Å². The van der Waals surface area contributed by atoms with Crippen molar-refractivity contribution in [3.8, 4) is 0 Å². The molecule has 0 aromatic heterocycles. The molecule has 0 heterocycles. The molecular weight excluding hydrogens is 443 g/mol. The van der Waals surface area contributed by atoms with Gasteiger partial charge in [0.2, 0.25) is 0 Å². The van der Waals surface area contributed by atoms with Gasteiger partial charge in [0.15, 0.2) is 0 Å². The van der Waals surface area contributed by atoms with Crippen LogP contribution in [0.25, 0.3) is 10.4 Å². The minimum absolute atomic E-state index is 0.0465. The van der Waals surface area contributed by atoms with Crippen LogP contribution in [0, 0.1) is 0 Å². The molecule has 2 N–H and O–H groups in total. The van der Waals surface area contributed by atoms with Crippen molar-refractivity contribution in [2.45, 2.75) is 96.1 Å². The van der Waals surface area contributed by atoms with Crippen molar-refractivity contribution in [3.05, 3.63) is 22.6 Å². The Hall–Kier alpha value is -0.920. The zero-order chi connectivity index (χ0) is 25.0. The summed E-state index contributed by atoms with van der Waals surface area (Å²) in [5, 5.41) is 13.7. The van der Waals surface area contributed by atoms with E-state index in [1.807, 2.05) is 27.2 Å². The average molecular weight is 492 g/mol. The van der Waals surface area contributed by atoms with Crippen LogP contribution in [0.15, 0.2) is 17.3 Å². The summed E-state index contributed by atoms with van der Waals surface area (Å²) in [6, 6.07) is -1.01. The molecule has 0 aliphatic carbocycles. The third-order valence-electron chi connectivity index (χ3n) is 5.33. The Labute approximate surface area is 201 Å². The van der Waals surface area contributed by atoms with E-state index in [0.29, 0.717) is 11.0 Å². The van der Waals surface area contributed by atoms with Crippen molar-refractivity contribution < 1.29 is 28.1 Å². The van der Waals surface area contributed by atoms with Gasteiger partial charge >= 0.3 is 7.82 Å². The predicted molar refractivity (Wildman–Crippen MR) is 134 cm³/mol. The first-order valence-corrected chi connectivity index (χ1v) is 13.9. The highest BCUT2D eigenvalue weighted by molar-refractivity contribution is 7.47. The highest BCUT2D eigenvalue weighted by Gasteiger charge is 2.26. The van der Waals surface area contributed by atoms with Gasteiger partial charge in [0.25, 0.3) is 0 Å². The summed E-state index contributed by atoms with van der Waals surface area (Å²) in [6.07, 6.45) is 17.2. The first kappa shape index (κ1) is 32.1. The van der Waals surface area contributed by atoms with Crippen molar-refractivity contribution in [1.82, 2.24) is 0 Å². The lowest BCUT2D eigenvalue weighted by molar-refractivity contribution is -0.870. The minimum atomic E-state index is -4.28. The number of likely N-dealkylation sites (N-methyl/N-ethyl adjacent to an activating group) is 1. The van der Waals surface area contributed by atoms with Gasteiger partial charge in [-0.25, -0.2) is 4.57 Å². The molecule has 0 aliphatic rings. The molecule has 0 saturated carbocycles. The summed E-state index contributed by atoms with van der Waals surface area (Å²) >= 11 is 0. The maximum absolute atomic E-state index is 12.0. The summed E-state index contributed by atoms with van der Waals surface area (Å²) < 4.78 is 22.4. The Bertz CT molecular complexity index is 606. The lowest BCUT2D eigenvalue weighted by atomic mass is 10.0. The van der Waals surface area contributed by atoms with E-state index in [4.69, 9.17) is 14.6 Å². The molecular formula is C23H48N4O5P+. The number of hydrogen-bond donors (Lipinski definition) is 2. The highest BCUT2D eigenvalue weighted by Crippen LogP contribution is 2.43. The number of aliphatic hydroxyl groups is 1. The largest absolute Gasteiger partial charge is 0.472 e. The van der Waals surface area contributed by atoms with E-state index in [1.54, 1.807) is 6.08 Å². The van der Waals surface area contributed by atoms with Gasteiger partial charge in [-0.05, 0) is 18.4 Å². The molecule has 0 rings (SSSR count). The van der Waals surface area contributed by atoms with E-state index in [0.717, 1.165) is 19.3 Å². The summed E-state index contributed by atoms with van der Waals surface area (Å²) in [7, 11) is 1.52. The van der Waals surface area contributed by atoms with Gasteiger partial charge in [0, 0.05) is 4.91 Å². The Balaban J connectivity index is 4.06. The summed E-state index contributed by atoms with van der Waals surface area (Å²) in [4.78, 5) is 12.5. The lowest BCUT2D eigenvalue weighted by Crippen LogP contribution is -2.37. The van der Waals surface area contributed by atoms with Gasteiger partial charge in [0.05, 0.1) is 39.9 Å². The zero-order valence-electron chi connectivity index (χ0n) is 21.3. The van der Waals surface area contributed by atoms with Crippen LogP contribution in [-0.4, -0.2) is 67.5 Å². The Morgan fingerprint density at radius 3 is 2.06 bits per heavy atom. The molecule has 3 atom stereocenters. The number of azide groups is 1. The molecule has 33 heavy (non-hydrogen) atoms. The van der Waals surface area contributed by atoms with Gasteiger partial charge in [0.1, 0.15) is 13.2 Å². The number of phosphoric ester groups is 1. The molecule has 0 aliphatic heterocycles. The van der Waals surface area contributed by atoms with E-state index in [9.17, 15) is 14.6 Å². The number of nitrogens with zero attached hydrogens (tertiary/aromatic N) is 4. The van der Waals surface area contributed by atoms with Crippen molar-refractivity contribution in [3.63, 3.8) is 0 Å². The molecule has 10 heteroatoms. The predicted octanol–water partition coefficient (Wildman–Crippen LogP) is 6.12. The van der Waals surface area contributed by atoms with Crippen LogP contribution in [-0.2, 0) is 13.6 Å². The maximum atomic E-state index is 12.0. The average Bonchev–Trinajstić information content (AvgIpc) is 2.73. The van der Waals surface area contributed by atoms with E-state index < -0.39 is 26.6 Å². The van der Waals surface area contributed by atoms with Crippen molar-refractivity contribution >= 4 is 7.82 Å². The van der Waals surface area contributed by atoms with E-state index in [1.165, 1.54) is 57.8 Å². The van der Waals surface area contributed by atoms with Gasteiger partial charge in [-0.15, -0.1) is 0 Å². The Morgan fingerprint density at radius 2 is 1.55 bits per heavy atom. The van der Waals surface area contributed by atoms with E-state index in [-0.39, 0.29) is 6.61 Å². The molecule has 0 saturated heterocycles. The fraction of sp³-hybridized carbons (Fsp3) is 0.913. The topological polar surface area (TPSA) is 125 Å². The first-order valence-electron chi connectivity index (χ1n) is 12.4. The smallest absolute Gasteiger partial charge is 0.389 e. The number of rotatable bonds is 22. The quantitative estimate of drug-likeness (QED) is 0.0359. The molecule has 0 spiro atoms. The SMILES string of the molecule is CCCCCCCCCCCCC/C=C/[C@@H](O)[C@H](COP(=O)(O)OCC[N+](C)(C)C)N=[N+]=[N-]. The van der Waals surface area contributed by atoms with Gasteiger partial charge in [-0.1, -0.05) is 88.4 Å². The number of phosphoric acid groups is 1. The first-order chi connectivity index (χ1) is 15.6. The standard InChI is InChI=1S/C23H47N4O5P/c1-5-6-7-8-9-10-11-12-13-14-15-16-17-18-23(28)22(25-26-24)21-32-33(29,30)31-20-19-27(2,3)4/h17-18,22-23,28H,5-16,19-21H2,1-4H3/p+1/b18-17+/t22-,23+/m0/s1. The molecule has 0 bridgehead atoms. The normalized spacial score (nSPS) is 15.8. The summed E-state index contributed by atoms with van der Waals surface area (Å²) in [6.45, 7) is 2.40. The van der Waals surface area contributed by atoms with Crippen LogP contribution in [0.2, 0.25) is 0 Å². The van der Waals surface area contributed by atoms with Crippen LogP contribution in [0.1, 0.15) is 84.0 Å². The third kappa shape index (κ3) is 21.4. The highest BCUT2D eigenvalue weighted by atomic mass is 31.2. The molecule has 194 valence electrons. The molecule has 0 fully saturated rings. The fourth-order valence-corrected chi connectivity index (χ4v) is 3.92. The van der Waals surface area contributed by atoms with E-state index in [2.05, 4.69) is 16.9 Å². The number of allylic oxidation sites excluding steroid dienone is 1. The zero-order valence-corrected chi connectivity index (χ0v) is 22.2. The second-order valence-corrected chi connectivity index (χ2v) is 11.1. The molecule has 0 aromatic carbocycles. The van der Waals surface area contributed by atoms with Crippen LogP contribution in [0.3, 0.4) is 0 Å². The monoisotopic (exact) mass is 491 g/mol. The van der Waals surface area contributed by atoms with Crippen LogP contribution < -0.4 is 0 Å². The summed E-state index contributed by atoms with van der Waals surface area (Å²) in [5.41, 5.74) is 8.73. The number of quaternary nitrogens is 1. The molecule has 9 nitrogen and oxygen atoms in total. The minimum Gasteiger partial charge on any atom is -0.389 e. The van der Waals surface area contributed by atoms with Crippen LogP contribution in [0.4, 0.5) is 0 Å². The van der Waals surface area contributed by atoms with Gasteiger partial charge < -0.3 is 14.5 Å². The Morgan fingerprint density at radius 1 is 1.00 bits per heavy atom. The second-order valence-electron chi connectivity index (χ2n) is 9.63. The fourth-order valence-electron chi connectivity index (χ4n) is 3.19.